The molecule has 1 amide bonds. The Balaban J connectivity index is 2.19. The third-order valence-corrected chi connectivity index (χ3v) is 2.73. The average Bonchev–Trinajstić information content (AvgIpc) is 2.59. The van der Waals surface area contributed by atoms with Gasteiger partial charge in [-0.3, -0.25) is 9.48 Å². The lowest BCUT2D eigenvalue weighted by molar-refractivity contribution is 0.0407. The van der Waals surface area contributed by atoms with Crippen molar-refractivity contribution >= 4 is 5.91 Å². The van der Waals surface area contributed by atoms with Crippen LogP contribution in [0.5, 0.6) is 0 Å². The number of hydrogen-bond donors (Lipinski definition) is 1. The van der Waals surface area contributed by atoms with Crippen LogP contribution in [-0.2, 0) is 0 Å². The Hall–Kier alpha value is -1.36. The topological polar surface area (TPSA) is 58.4 Å². The molecule has 5 heteroatoms. The molecule has 0 unspecified atom stereocenters. The second-order valence-electron chi connectivity index (χ2n) is 4.14. The van der Waals surface area contributed by atoms with Crippen molar-refractivity contribution in [1.82, 2.24) is 14.7 Å². The number of hydrogen-bond acceptors (Lipinski definition) is 3. The number of aliphatic hydroxyl groups excluding tert-OH is 1. The summed E-state index contributed by atoms with van der Waals surface area (Å²) in [5, 5.41) is 13.4. The fourth-order valence-corrected chi connectivity index (χ4v) is 1.76. The largest absolute Gasteiger partial charge is 0.393 e. The molecule has 1 N–H and O–H groups in total. The van der Waals surface area contributed by atoms with Crippen molar-refractivity contribution in [2.45, 2.75) is 25.0 Å². The Bertz CT molecular complexity index is 366. The highest BCUT2D eigenvalue weighted by molar-refractivity contribution is 5.92. The molecule has 0 aliphatic heterocycles. The van der Waals surface area contributed by atoms with Crippen molar-refractivity contribution < 1.29 is 9.90 Å². The first-order valence-corrected chi connectivity index (χ1v) is 5.03. The van der Waals surface area contributed by atoms with Crippen LogP contribution in [0.3, 0.4) is 0 Å². The molecule has 1 aromatic heterocycles. The minimum atomic E-state index is -0.235. The molecule has 1 saturated carbocycles. The van der Waals surface area contributed by atoms with Crippen molar-refractivity contribution in [2.24, 2.45) is 0 Å². The predicted molar refractivity (Wildman–Crippen MR) is 54.5 cm³/mol. The van der Waals surface area contributed by atoms with Gasteiger partial charge in [-0.2, -0.15) is 5.10 Å². The maximum Gasteiger partial charge on any atom is 0.271 e. The standard InChI is InChI=1S/C10H15N3O2/c1-12(2)10(15)9-3-4-11-13(9)7-5-8(14)6-7/h3-4,7-8,14H,5-6H2,1-2H3/t7-,8+. The van der Waals surface area contributed by atoms with Gasteiger partial charge in [-0.25, -0.2) is 0 Å². The van der Waals surface area contributed by atoms with Gasteiger partial charge in [0, 0.05) is 20.3 Å². The van der Waals surface area contributed by atoms with E-state index in [1.54, 1.807) is 31.0 Å². The molecule has 0 saturated heterocycles. The molecule has 1 fully saturated rings. The first-order chi connectivity index (χ1) is 7.09. The number of carbonyl (C=O) groups is 1. The number of aromatic nitrogens is 2. The Morgan fingerprint density at radius 1 is 1.60 bits per heavy atom. The van der Waals surface area contributed by atoms with Crippen LogP contribution in [0.1, 0.15) is 29.4 Å². The van der Waals surface area contributed by atoms with Gasteiger partial charge in [0.05, 0.1) is 12.1 Å². The highest BCUT2D eigenvalue weighted by Gasteiger charge is 2.31. The van der Waals surface area contributed by atoms with Crippen molar-refractivity contribution in [1.29, 1.82) is 0 Å². The third-order valence-electron chi connectivity index (χ3n) is 2.73. The van der Waals surface area contributed by atoms with Crippen LogP contribution in [-0.4, -0.2) is 45.9 Å². The summed E-state index contributed by atoms with van der Waals surface area (Å²) in [7, 11) is 3.44. The number of amides is 1. The lowest BCUT2D eigenvalue weighted by atomic mass is 9.89. The van der Waals surface area contributed by atoms with Crippen LogP contribution >= 0.6 is 0 Å². The second kappa shape index (κ2) is 3.66. The number of aliphatic hydroxyl groups is 1. The van der Waals surface area contributed by atoms with Gasteiger partial charge in [-0.1, -0.05) is 0 Å². The van der Waals surface area contributed by atoms with Gasteiger partial charge < -0.3 is 10.0 Å². The molecule has 1 aromatic rings. The quantitative estimate of drug-likeness (QED) is 0.761. The molecule has 1 aliphatic carbocycles. The fourth-order valence-electron chi connectivity index (χ4n) is 1.76. The van der Waals surface area contributed by atoms with Crippen LogP contribution in [0.15, 0.2) is 12.3 Å². The highest BCUT2D eigenvalue weighted by atomic mass is 16.3. The Labute approximate surface area is 88.3 Å². The van der Waals surface area contributed by atoms with E-state index in [9.17, 15) is 9.90 Å². The molecule has 82 valence electrons. The normalized spacial score (nSPS) is 24.7. The highest BCUT2D eigenvalue weighted by Crippen LogP contribution is 2.32. The summed E-state index contributed by atoms with van der Waals surface area (Å²) >= 11 is 0. The van der Waals surface area contributed by atoms with Gasteiger partial charge >= 0.3 is 0 Å². The van der Waals surface area contributed by atoms with Gasteiger partial charge in [0.1, 0.15) is 5.69 Å². The van der Waals surface area contributed by atoms with E-state index >= 15 is 0 Å². The molecule has 0 radical (unpaired) electrons. The number of nitrogens with zero attached hydrogens (tertiary/aromatic N) is 3. The third kappa shape index (κ3) is 1.74. The summed E-state index contributed by atoms with van der Waals surface area (Å²) < 4.78 is 1.72. The molecule has 5 nitrogen and oxygen atoms in total. The van der Waals surface area contributed by atoms with E-state index in [-0.39, 0.29) is 18.1 Å². The molecular formula is C10H15N3O2. The zero-order chi connectivity index (χ0) is 11.0. The van der Waals surface area contributed by atoms with Crippen molar-refractivity contribution in [2.75, 3.05) is 14.1 Å². The predicted octanol–water partition coefficient (Wildman–Crippen LogP) is 0.281. The summed E-state index contributed by atoms with van der Waals surface area (Å²) in [6.07, 6.45) is 2.77. The lowest BCUT2D eigenvalue weighted by Gasteiger charge is -2.32. The van der Waals surface area contributed by atoms with E-state index in [1.165, 1.54) is 4.90 Å². The monoisotopic (exact) mass is 209 g/mol. The first kappa shape index (κ1) is 10.2. The summed E-state index contributed by atoms with van der Waals surface area (Å²) in [5.74, 6) is -0.0473. The van der Waals surface area contributed by atoms with E-state index < -0.39 is 0 Å². The molecule has 15 heavy (non-hydrogen) atoms. The second-order valence-corrected chi connectivity index (χ2v) is 4.14. The van der Waals surface area contributed by atoms with Crippen LogP contribution in [0.2, 0.25) is 0 Å². The van der Waals surface area contributed by atoms with Crippen molar-refractivity contribution in [3.05, 3.63) is 18.0 Å². The maximum absolute atomic E-state index is 11.8. The first-order valence-electron chi connectivity index (χ1n) is 5.03. The zero-order valence-corrected chi connectivity index (χ0v) is 8.92. The van der Waals surface area contributed by atoms with E-state index in [1.807, 2.05) is 0 Å². The van der Waals surface area contributed by atoms with Crippen LogP contribution in [0, 0.1) is 0 Å². The van der Waals surface area contributed by atoms with E-state index in [0.29, 0.717) is 18.5 Å². The molecule has 2 rings (SSSR count). The zero-order valence-electron chi connectivity index (χ0n) is 8.92. The minimum Gasteiger partial charge on any atom is -0.393 e. The van der Waals surface area contributed by atoms with Crippen LogP contribution < -0.4 is 0 Å². The summed E-state index contributed by atoms with van der Waals surface area (Å²) in [6.45, 7) is 0. The van der Waals surface area contributed by atoms with E-state index in [2.05, 4.69) is 5.10 Å². The van der Waals surface area contributed by atoms with Gasteiger partial charge in [0.25, 0.3) is 5.91 Å². The molecule has 1 aliphatic rings. The van der Waals surface area contributed by atoms with Crippen LogP contribution in [0.4, 0.5) is 0 Å². The summed E-state index contributed by atoms with van der Waals surface area (Å²) in [6, 6.07) is 1.89. The van der Waals surface area contributed by atoms with Gasteiger partial charge in [0.15, 0.2) is 0 Å². The SMILES string of the molecule is CN(C)C(=O)c1ccnn1[C@H]1C[C@@H](O)C1. The van der Waals surface area contributed by atoms with E-state index in [0.717, 1.165) is 0 Å². The number of rotatable bonds is 2. The van der Waals surface area contributed by atoms with Crippen molar-refractivity contribution in [3.8, 4) is 0 Å². The fraction of sp³-hybridized carbons (Fsp3) is 0.600. The Morgan fingerprint density at radius 3 is 2.80 bits per heavy atom. The van der Waals surface area contributed by atoms with Gasteiger partial charge in [-0.05, 0) is 18.9 Å². The van der Waals surface area contributed by atoms with Gasteiger partial charge in [0.2, 0.25) is 0 Å². The van der Waals surface area contributed by atoms with E-state index in [4.69, 9.17) is 0 Å². The summed E-state index contributed by atoms with van der Waals surface area (Å²) in [4.78, 5) is 13.3. The lowest BCUT2D eigenvalue weighted by Crippen LogP contribution is -2.34. The smallest absolute Gasteiger partial charge is 0.271 e. The van der Waals surface area contributed by atoms with Crippen LogP contribution in [0.25, 0.3) is 0 Å². The molecular weight excluding hydrogens is 194 g/mol. The molecule has 1 heterocycles. The molecule has 0 atom stereocenters. The molecule has 0 bridgehead atoms. The maximum atomic E-state index is 11.8. The Kier molecular flexibility index (Phi) is 2.48. The molecule has 0 aromatic carbocycles. The summed E-state index contributed by atoms with van der Waals surface area (Å²) in [5.41, 5.74) is 0.594. The van der Waals surface area contributed by atoms with Crippen molar-refractivity contribution in [3.63, 3.8) is 0 Å². The van der Waals surface area contributed by atoms with Gasteiger partial charge in [-0.15, -0.1) is 0 Å². The molecule has 0 spiro atoms. The number of carbonyl (C=O) groups excluding carboxylic acids is 1. The minimum absolute atomic E-state index is 0.0473. The average molecular weight is 209 g/mol. The Morgan fingerprint density at radius 2 is 2.27 bits per heavy atom.